The molecule has 1 aliphatic carbocycles. The molecule has 0 unspecified atom stereocenters. The van der Waals surface area contributed by atoms with Gasteiger partial charge in [-0.2, -0.15) is 0 Å². The number of rotatable bonds is 6. The van der Waals surface area contributed by atoms with E-state index >= 15 is 0 Å². The van der Waals surface area contributed by atoms with Crippen molar-refractivity contribution < 1.29 is 0 Å². The van der Waals surface area contributed by atoms with E-state index in [0.717, 1.165) is 12.5 Å². The second-order valence-corrected chi connectivity index (χ2v) is 5.96. The average molecular weight is 260 g/mol. The van der Waals surface area contributed by atoms with E-state index in [4.69, 9.17) is 5.73 Å². The highest BCUT2D eigenvalue weighted by molar-refractivity contribution is 5.44. The van der Waals surface area contributed by atoms with E-state index in [1.165, 1.54) is 56.2 Å². The predicted molar refractivity (Wildman–Crippen MR) is 83.5 cm³/mol. The number of unbranched alkanes of at least 4 members (excludes halogenated alkanes) is 1. The number of nitrogens with two attached hydrogens (primary N) is 1. The van der Waals surface area contributed by atoms with Crippen molar-refractivity contribution in [1.29, 1.82) is 0 Å². The van der Waals surface area contributed by atoms with Crippen molar-refractivity contribution in [1.82, 2.24) is 0 Å². The minimum absolute atomic E-state index is 0.453. The quantitative estimate of drug-likeness (QED) is 0.812. The molecule has 0 aromatic heterocycles. The van der Waals surface area contributed by atoms with Crippen molar-refractivity contribution in [3.63, 3.8) is 0 Å². The molecule has 2 heteroatoms. The van der Waals surface area contributed by atoms with Gasteiger partial charge in [-0.1, -0.05) is 25.5 Å². The summed E-state index contributed by atoms with van der Waals surface area (Å²) >= 11 is 0. The zero-order chi connectivity index (χ0) is 13.5. The molecule has 1 aromatic rings. The Labute approximate surface area is 117 Å². The minimum Gasteiger partial charge on any atom is -0.385 e. The molecule has 1 fully saturated rings. The fourth-order valence-corrected chi connectivity index (χ4v) is 2.82. The lowest BCUT2D eigenvalue weighted by molar-refractivity contribution is 0.339. The molecule has 19 heavy (non-hydrogen) atoms. The topological polar surface area (TPSA) is 38.0 Å². The molecule has 0 amide bonds. The highest BCUT2D eigenvalue weighted by atomic mass is 14.9. The third-order valence-electron chi connectivity index (χ3n) is 4.26. The maximum Gasteiger partial charge on any atom is 0.0340 e. The molecule has 0 atom stereocenters. The van der Waals surface area contributed by atoms with Crippen LogP contribution in [0.25, 0.3) is 0 Å². The fourth-order valence-electron chi connectivity index (χ4n) is 2.82. The van der Waals surface area contributed by atoms with Crippen LogP contribution >= 0.6 is 0 Å². The van der Waals surface area contributed by atoms with Gasteiger partial charge in [-0.15, -0.1) is 0 Å². The molecule has 2 rings (SSSR count). The van der Waals surface area contributed by atoms with Gasteiger partial charge in [0.1, 0.15) is 0 Å². The summed E-state index contributed by atoms with van der Waals surface area (Å²) in [7, 11) is 0. The molecular formula is C17H28N2. The van der Waals surface area contributed by atoms with Crippen LogP contribution in [0.3, 0.4) is 0 Å². The van der Waals surface area contributed by atoms with Crippen molar-refractivity contribution >= 4 is 5.69 Å². The number of aryl methyl sites for hydroxylation is 1. The van der Waals surface area contributed by atoms with Crippen molar-refractivity contribution in [2.45, 2.75) is 57.9 Å². The second-order valence-electron chi connectivity index (χ2n) is 5.96. The zero-order valence-electron chi connectivity index (χ0n) is 12.2. The lowest BCUT2D eigenvalue weighted by Crippen LogP contribution is -2.29. The number of hydrogen-bond acceptors (Lipinski definition) is 2. The second kappa shape index (κ2) is 7.54. The van der Waals surface area contributed by atoms with Gasteiger partial charge in [0.2, 0.25) is 0 Å². The van der Waals surface area contributed by atoms with Crippen LogP contribution in [-0.2, 0) is 6.42 Å². The molecule has 3 N–H and O–H groups in total. The van der Waals surface area contributed by atoms with Gasteiger partial charge in [0.05, 0.1) is 0 Å². The van der Waals surface area contributed by atoms with Crippen LogP contribution in [0.2, 0.25) is 0 Å². The first-order valence-corrected chi connectivity index (χ1v) is 7.86. The van der Waals surface area contributed by atoms with Gasteiger partial charge in [-0.3, -0.25) is 0 Å². The van der Waals surface area contributed by atoms with Crippen LogP contribution < -0.4 is 11.1 Å². The molecule has 0 aliphatic heterocycles. The molecule has 0 saturated heterocycles. The van der Waals surface area contributed by atoms with Crippen molar-refractivity contribution in [2.24, 2.45) is 11.7 Å². The molecule has 2 nitrogen and oxygen atoms in total. The molecule has 106 valence electrons. The molecular weight excluding hydrogens is 232 g/mol. The first-order chi connectivity index (χ1) is 9.28. The number of anilines is 1. The SMILES string of the molecule is CCCCc1ccc(NCC2CCC(N)CC2)cc1. The van der Waals surface area contributed by atoms with E-state index in [-0.39, 0.29) is 0 Å². The Morgan fingerprint density at radius 3 is 2.42 bits per heavy atom. The van der Waals surface area contributed by atoms with Crippen LogP contribution in [0.5, 0.6) is 0 Å². The Balaban J connectivity index is 1.73. The smallest absolute Gasteiger partial charge is 0.0340 e. The Bertz CT molecular complexity index is 350. The molecule has 0 spiro atoms. The first kappa shape index (κ1) is 14.4. The maximum absolute atomic E-state index is 5.94. The summed E-state index contributed by atoms with van der Waals surface area (Å²) in [5.74, 6) is 0.805. The summed E-state index contributed by atoms with van der Waals surface area (Å²) in [4.78, 5) is 0. The first-order valence-electron chi connectivity index (χ1n) is 7.86. The molecule has 1 aromatic carbocycles. The van der Waals surface area contributed by atoms with Gasteiger partial charge in [0.25, 0.3) is 0 Å². The van der Waals surface area contributed by atoms with Gasteiger partial charge in [0, 0.05) is 18.3 Å². The summed E-state index contributed by atoms with van der Waals surface area (Å²) in [6.45, 7) is 3.34. The Morgan fingerprint density at radius 2 is 1.79 bits per heavy atom. The van der Waals surface area contributed by atoms with E-state index in [2.05, 4.69) is 36.5 Å². The predicted octanol–water partition coefficient (Wildman–Crippen LogP) is 3.96. The largest absolute Gasteiger partial charge is 0.385 e. The van der Waals surface area contributed by atoms with Crippen molar-refractivity contribution in [2.75, 3.05) is 11.9 Å². The van der Waals surface area contributed by atoms with Gasteiger partial charge in [-0.25, -0.2) is 0 Å². The maximum atomic E-state index is 5.94. The summed E-state index contributed by atoms with van der Waals surface area (Å²) in [6, 6.07) is 9.41. The standard InChI is InChI=1S/C17H28N2/c1-2-3-4-14-7-11-17(12-8-14)19-13-15-5-9-16(18)10-6-15/h7-8,11-12,15-16,19H,2-6,9-10,13,18H2,1H3. The Morgan fingerprint density at radius 1 is 1.11 bits per heavy atom. The van der Waals surface area contributed by atoms with Gasteiger partial charge >= 0.3 is 0 Å². The van der Waals surface area contributed by atoms with Crippen molar-refractivity contribution in [3.8, 4) is 0 Å². The van der Waals surface area contributed by atoms with Gasteiger partial charge < -0.3 is 11.1 Å². The Kier molecular flexibility index (Phi) is 5.71. The summed E-state index contributed by atoms with van der Waals surface area (Å²) in [5, 5.41) is 3.57. The van der Waals surface area contributed by atoms with E-state index in [0.29, 0.717) is 6.04 Å². The van der Waals surface area contributed by atoms with Crippen LogP contribution in [0.4, 0.5) is 5.69 Å². The molecule has 0 radical (unpaired) electrons. The molecule has 1 aliphatic rings. The third-order valence-corrected chi connectivity index (χ3v) is 4.26. The van der Waals surface area contributed by atoms with Gasteiger partial charge in [0.15, 0.2) is 0 Å². The van der Waals surface area contributed by atoms with E-state index in [1.54, 1.807) is 0 Å². The van der Waals surface area contributed by atoms with E-state index < -0.39 is 0 Å². The van der Waals surface area contributed by atoms with Crippen LogP contribution in [-0.4, -0.2) is 12.6 Å². The summed E-state index contributed by atoms with van der Waals surface area (Å²) in [6.07, 6.45) is 8.71. The van der Waals surface area contributed by atoms with E-state index in [1.807, 2.05) is 0 Å². The van der Waals surface area contributed by atoms with E-state index in [9.17, 15) is 0 Å². The fraction of sp³-hybridized carbons (Fsp3) is 0.647. The zero-order valence-corrected chi connectivity index (χ0v) is 12.2. The summed E-state index contributed by atoms with van der Waals surface area (Å²) in [5.41, 5.74) is 8.65. The Hall–Kier alpha value is -1.02. The third kappa shape index (κ3) is 4.87. The minimum atomic E-state index is 0.453. The number of nitrogens with one attached hydrogen (secondary N) is 1. The monoisotopic (exact) mass is 260 g/mol. The van der Waals surface area contributed by atoms with Crippen molar-refractivity contribution in [3.05, 3.63) is 29.8 Å². The highest BCUT2D eigenvalue weighted by Gasteiger charge is 2.17. The van der Waals surface area contributed by atoms with Crippen LogP contribution in [0.15, 0.2) is 24.3 Å². The highest BCUT2D eigenvalue weighted by Crippen LogP contribution is 2.23. The lowest BCUT2D eigenvalue weighted by Gasteiger charge is -2.26. The van der Waals surface area contributed by atoms with Crippen LogP contribution in [0.1, 0.15) is 51.0 Å². The lowest BCUT2D eigenvalue weighted by atomic mass is 9.86. The normalized spacial score (nSPS) is 23.3. The van der Waals surface area contributed by atoms with Crippen LogP contribution in [0, 0.1) is 5.92 Å². The number of benzene rings is 1. The number of hydrogen-bond donors (Lipinski definition) is 2. The van der Waals surface area contributed by atoms with Gasteiger partial charge in [-0.05, 0) is 62.1 Å². The summed E-state index contributed by atoms with van der Waals surface area (Å²) < 4.78 is 0. The molecule has 1 saturated carbocycles. The average Bonchev–Trinajstić information content (AvgIpc) is 2.46. The molecule has 0 bridgehead atoms. The molecule has 0 heterocycles.